The molecule has 0 radical (unpaired) electrons. The van der Waals surface area contributed by atoms with Gasteiger partial charge in [0.2, 0.25) is 0 Å². The van der Waals surface area contributed by atoms with E-state index in [-0.39, 0.29) is 24.7 Å². The standard InChI is InChI=1S/C12H14N2O3.C3H6O/c1-3-4-17-12(16)9-5-8(11(15)14-2)6-10(13)7-9;1-2-3-4/h3,5-7H,1,4,13H2,2H3,(H,14,15);2,4H,1,3H2. The zero-order valence-corrected chi connectivity index (χ0v) is 12.0. The number of nitrogens with one attached hydrogen (secondary N) is 1. The third-order valence-electron chi connectivity index (χ3n) is 2.14. The Hall–Kier alpha value is -2.60. The fourth-order valence-electron chi connectivity index (χ4n) is 1.26. The van der Waals surface area contributed by atoms with Crippen LogP contribution < -0.4 is 11.1 Å². The van der Waals surface area contributed by atoms with E-state index in [4.69, 9.17) is 15.6 Å². The number of carbonyl (C=O) groups is 2. The molecule has 0 bridgehead atoms. The largest absolute Gasteiger partial charge is 0.458 e. The third kappa shape index (κ3) is 6.93. The lowest BCUT2D eigenvalue weighted by atomic mass is 10.1. The first-order valence-electron chi connectivity index (χ1n) is 6.12. The van der Waals surface area contributed by atoms with E-state index in [1.54, 1.807) is 0 Å². The summed E-state index contributed by atoms with van der Waals surface area (Å²) in [6.45, 7) is 6.86. The average molecular weight is 292 g/mol. The molecule has 1 rings (SSSR count). The van der Waals surface area contributed by atoms with Gasteiger partial charge < -0.3 is 20.9 Å². The van der Waals surface area contributed by atoms with E-state index < -0.39 is 5.97 Å². The van der Waals surface area contributed by atoms with E-state index in [1.165, 1.54) is 37.4 Å². The molecular formula is C15H20N2O4. The molecule has 0 aliphatic carbocycles. The number of anilines is 1. The number of carbonyl (C=O) groups excluding carboxylic acids is 2. The van der Waals surface area contributed by atoms with E-state index in [9.17, 15) is 9.59 Å². The SMILES string of the molecule is C=CCO.C=CCOC(=O)c1cc(N)cc(C(=O)NC)c1. The lowest BCUT2D eigenvalue weighted by molar-refractivity contribution is 0.0550. The van der Waals surface area contributed by atoms with Crippen LogP contribution in [0, 0.1) is 0 Å². The summed E-state index contributed by atoms with van der Waals surface area (Å²) < 4.78 is 4.86. The lowest BCUT2D eigenvalue weighted by Crippen LogP contribution is -2.19. The number of aliphatic hydroxyl groups is 1. The van der Waals surface area contributed by atoms with Gasteiger partial charge in [-0.3, -0.25) is 4.79 Å². The number of nitrogen functional groups attached to an aromatic ring is 1. The molecule has 4 N–H and O–H groups in total. The predicted octanol–water partition coefficient (Wildman–Crippen LogP) is 1.14. The molecule has 0 aliphatic heterocycles. The zero-order chi connectivity index (χ0) is 16.3. The molecule has 0 aromatic heterocycles. The Morgan fingerprint density at radius 1 is 1.29 bits per heavy atom. The van der Waals surface area contributed by atoms with Gasteiger partial charge in [-0.05, 0) is 18.2 Å². The van der Waals surface area contributed by atoms with Crippen LogP contribution in [0.5, 0.6) is 0 Å². The molecule has 0 unspecified atom stereocenters. The monoisotopic (exact) mass is 292 g/mol. The van der Waals surface area contributed by atoms with Gasteiger partial charge in [0.05, 0.1) is 12.2 Å². The molecule has 0 saturated heterocycles. The van der Waals surface area contributed by atoms with Crippen LogP contribution in [-0.2, 0) is 4.74 Å². The van der Waals surface area contributed by atoms with Crippen molar-refractivity contribution >= 4 is 17.6 Å². The Morgan fingerprint density at radius 2 is 1.86 bits per heavy atom. The van der Waals surface area contributed by atoms with E-state index in [1.807, 2.05) is 0 Å². The highest BCUT2D eigenvalue weighted by Crippen LogP contribution is 2.13. The first-order valence-corrected chi connectivity index (χ1v) is 6.12. The fraction of sp³-hybridized carbons (Fsp3) is 0.200. The summed E-state index contributed by atoms with van der Waals surface area (Å²) in [5.41, 5.74) is 6.50. The molecule has 1 aromatic carbocycles. The highest BCUT2D eigenvalue weighted by molar-refractivity contribution is 5.99. The van der Waals surface area contributed by atoms with Crippen LogP contribution in [0.2, 0.25) is 0 Å². The van der Waals surface area contributed by atoms with Gasteiger partial charge in [-0.1, -0.05) is 18.7 Å². The topological polar surface area (TPSA) is 102 Å². The fourth-order valence-corrected chi connectivity index (χ4v) is 1.26. The number of ether oxygens (including phenoxy) is 1. The third-order valence-corrected chi connectivity index (χ3v) is 2.14. The van der Waals surface area contributed by atoms with Crippen molar-refractivity contribution in [3.63, 3.8) is 0 Å². The molecule has 0 aliphatic rings. The van der Waals surface area contributed by atoms with Crippen molar-refractivity contribution in [2.75, 3.05) is 26.0 Å². The number of amides is 1. The van der Waals surface area contributed by atoms with Gasteiger partial charge >= 0.3 is 5.97 Å². The Morgan fingerprint density at radius 3 is 2.33 bits per heavy atom. The molecule has 21 heavy (non-hydrogen) atoms. The highest BCUT2D eigenvalue weighted by atomic mass is 16.5. The molecule has 114 valence electrons. The number of aliphatic hydroxyl groups excluding tert-OH is 1. The van der Waals surface area contributed by atoms with E-state index in [0.29, 0.717) is 11.3 Å². The van der Waals surface area contributed by atoms with Gasteiger partial charge in [0.1, 0.15) is 6.61 Å². The van der Waals surface area contributed by atoms with Gasteiger partial charge in [-0.25, -0.2) is 4.79 Å². The maximum absolute atomic E-state index is 11.6. The van der Waals surface area contributed by atoms with Crippen LogP contribution in [0.15, 0.2) is 43.5 Å². The normalized spacial score (nSPS) is 8.86. The molecule has 6 nitrogen and oxygen atoms in total. The summed E-state index contributed by atoms with van der Waals surface area (Å²) >= 11 is 0. The molecule has 0 atom stereocenters. The summed E-state index contributed by atoms with van der Waals surface area (Å²) in [5.74, 6) is -0.850. The van der Waals surface area contributed by atoms with Crippen molar-refractivity contribution in [2.45, 2.75) is 0 Å². The summed E-state index contributed by atoms with van der Waals surface area (Å²) in [4.78, 5) is 23.0. The van der Waals surface area contributed by atoms with Crippen molar-refractivity contribution in [3.8, 4) is 0 Å². The maximum Gasteiger partial charge on any atom is 0.338 e. The summed E-state index contributed by atoms with van der Waals surface area (Å²) in [6.07, 6.45) is 2.89. The molecule has 1 aromatic rings. The summed E-state index contributed by atoms with van der Waals surface area (Å²) in [7, 11) is 1.50. The first kappa shape index (κ1) is 18.4. The molecule has 1 amide bonds. The molecule has 0 fully saturated rings. The molecule has 0 heterocycles. The number of benzene rings is 1. The minimum atomic E-state index is -0.539. The van der Waals surface area contributed by atoms with Crippen molar-refractivity contribution in [1.29, 1.82) is 0 Å². The van der Waals surface area contributed by atoms with Gasteiger partial charge in [0.15, 0.2) is 0 Å². The van der Waals surface area contributed by atoms with E-state index >= 15 is 0 Å². The van der Waals surface area contributed by atoms with Gasteiger partial charge in [0, 0.05) is 18.3 Å². The van der Waals surface area contributed by atoms with Crippen LogP contribution >= 0.6 is 0 Å². The van der Waals surface area contributed by atoms with Gasteiger partial charge in [-0.15, -0.1) is 6.58 Å². The van der Waals surface area contributed by atoms with Crippen LogP contribution in [0.3, 0.4) is 0 Å². The van der Waals surface area contributed by atoms with Gasteiger partial charge in [0.25, 0.3) is 5.91 Å². The number of rotatable bonds is 5. The Labute approximate surface area is 123 Å². The second kappa shape index (κ2) is 10.2. The van der Waals surface area contributed by atoms with Crippen molar-refractivity contribution in [2.24, 2.45) is 0 Å². The minimum absolute atomic E-state index is 0.0833. The van der Waals surface area contributed by atoms with Gasteiger partial charge in [-0.2, -0.15) is 0 Å². The summed E-state index contributed by atoms with van der Waals surface area (Å²) in [6, 6.07) is 4.38. The summed E-state index contributed by atoms with van der Waals surface area (Å²) in [5, 5.41) is 10.2. The molecule has 0 saturated carbocycles. The van der Waals surface area contributed by atoms with Crippen LogP contribution in [0.1, 0.15) is 20.7 Å². The Kier molecular flexibility index (Phi) is 8.95. The second-order valence-electron chi connectivity index (χ2n) is 3.78. The number of hydrogen-bond donors (Lipinski definition) is 3. The lowest BCUT2D eigenvalue weighted by Gasteiger charge is -2.06. The van der Waals surface area contributed by atoms with Crippen LogP contribution in [0.25, 0.3) is 0 Å². The van der Waals surface area contributed by atoms with Crippen molar-refractivity contribution in [1.82, 2.24) is 5.32 Å². The highest BCUT2D eigenvalue weighted by Gasteiger charge is 2.12. The minimum Gasteiger partial charge on any atom is -0.458 e. The molecule has 0 spiro atoms. The predicted molar refractivity (Wildman–Crippen MR) is 82.0 cm³/mol. The molecular weight excluding hydrogens is 272 g/mol. The Bertz CT molecular complexity index is 512. The Balaban J connectivity index is 0.000000885. The zero-order valence-electron chi connectivity index (χ0n) is 12.0. The van der Waals surface area contributed by atoms with Crippen molar-refractivity contribution < 1.29 is 19.4 Å². The second-order valence-corrected chi connectivity index (χ2v) is 3.78. The quantitative estimate of drug-likeness (QED) is 0.429. The van der Waals surface area contributed by atoms with Crippen LogP contribution in [-0.4, -0.2) is 37.2 Å². The average Bonchev–Trinajstić information content (AvgIpc) is 2.51. The van der Waals surface area contributed by atoms with E-state index in [2.05, 4.69) is 18.5 Å². The number of nitrogens with two attached hydrogens (primary N) is 1. The van der Waals surface area contributed by atoms with E-state index in [0.717, 1.165) is 0 Å². The smallest absolute Gasteiger partial charge is 0.338 e. The number of esters is 1. The van der Waals surface area contributed by atoms with Crippen LogP contribution in [0.4, 0.5) is 5.69 Å². The number of hydrogen-bond acceptors (Lipinski definition) is 5. The molecule has 6 heteroatoms. The maximum atomic E-state index is 11.6. The first-order chi connectivity index (χ1) is 9.99. The van der Waals surface area contributed by atoms with Crippen molar-refractivity contribution in [3.05, 3.63) is 54.6 Å².